The molecule has 1 amide bonds. The lowest BCUT2D eigenvalue weighted by Gasteiger charge is -2.09. The summed E-state index contributed by atoms with van der Waals surface area (Å²) in [5.41, 5.74) is 2.53. The van der Waals surface area contributed by atoms with Crippen LogP contribution in [0, 0.1) is 6.92 Å². The third-order valence-corrected chi connectivity index (χ3v) is 3.26. The Hall–Kier alpha value is -2.63. The van der Waals surface area contributed by atoms with E-state index in [9.17, 15) is 14.7 Å². The van der Waals surface area contributed by atoms with Crippen LogP contribution in [0.25, 0.3) is 0 Å². The molecule has 1 aromatic carbocycles. The number of carbonyl (C=O) groups is 2. The van der Waals surface area contributed by atoms with Crippen LogP contribution in [-0.4, -0.2) is 26.8 Å². The third-order valence-electron chi connectivity index (χ3n) is 3.26. The van der Waals surface area contributed by atoms with E-state index in [1.54, 1.807) is 36.0 Å². The maximum atomic E-state index is 11.3. The molecular formula is C15H17N3O3. The number of aryl methyl sites for hydroxylation is 2. The van der Waals surface area contributed by atoms with Crippen LogP contribution in [-0.2, 0) is 18.3 Å². The second kappa shape index (κ2) is 5.78. The molecule has 0 saturated carbocycles. The summed E-state index contributed by atoms with van der Waals surface area (Å²) in [6, 6.07) is 6.83. The zero-order valence-corrected chi connectivity index (χ0v) is 12.2. The molecule has 1 heterocycles. The van der Waals surface area contributed by atoms with E-state index in [4.69, 9.17) is 0 Å². The van der Waals surface area contributed by atoms with Crippen LogP contribution in [0.3, 0.4) is 0 Å². The predicted molar refractivity (Wildman–Crippen MR) is 78.5 cm³/mol. The Kier molecular flexibility index (Phi) is 4.07. The number of benzene rings is 1. The van der Waals surface area contributed by atoms with Gasteiger partial charge in [0, 0.05) is 26.0 Å². The van der Waals surface area contributed by atoms with E-state index in [2.05, 4.69) is 10.4 Å². The van der Waals surface area contributed by atoms with Crippen molar-refractivity contribution in [3.63, 3.8) is 0 Å². The number of aromatic carboxylic acids is 1. The molecule has 0 spiro atoms. The van der Waals surface area contributed by atoms with Gasteiger partial charge < -0.3 is 10.4 Å². The molecule has 0 fully saturated rings. The molecule has 0 bridgehead atoms. The van der Waals surface area contributed by atoms with Gasteiger partial charge in [0.25, 0.3) is 0 Å². The van der Waals surface area contributed by atoms with Crippen LogP contribution in [0.2, 0.25) is 0 Å². The quantitative estimate of drug-likeness (QED) is 0.900. The molecular weight excluding hydrogens is 270 g/mol. The van der Waals surface area contributed by atoms with Crippen molar-refractivity contribution in [2.24, 2.45) is 7.05 Å². The number of hydrogen-bond donors (Lipinski definition) is 2. The second-order valence-corrected chi connectivity index (χ2v) is 4.86. The standard InChI is InChI=1S/C15H17N3O3/c1-9-13(14(16-10(2)19)18(3)17-9)8-11-6-4-5-7-12(11)15(20)21/h4-7H,8H2,1-3H3,(H,16,19)(H,20,21). The number of carboxylic acid groups (broad SMARTS) is 1. The zero-order valence-electron chi connectivity index (χ0n) is 12.2. The van der Waals surface area contributed by atoms with E-state index >= 15 is 0 Å². The minimum absolute atomic E-state index is 0.189. The summed E-state index contributed by atoms with van der Waals surface area (Å²) in [6.45, 7) is 3.27. The van der Waals surface area contributed by atoms with Gasteiger partial charge in [-0.05, 0) is 18.6 Å². The summed E-state index contributed by atoms with van der Waals surface area (Å²) in [4.78, 5) is 22.6. The number of hydrogen-bond acceptors (Lipinski definition) is 3. The molecule has 6 heteroatoms. The number of amides is 1. The molecule has 0 saturated heterocycles. The molecule has 0 aliphatic rings. The second-order valence-electron chi connectivity index (χ2n) is 4.86. The topological polar surface area (TPSA) is 84.2 Å². The number of rotatable bonds is 4. The fourth-order valence-electron chi connectivity index (χ4n) is 2.31. The van der Waals surface area contributed by atoms with Crippen molar-refractivity contribution in [1.82, 2.24) is 9.78 Å². The lowest BCUT2D eigenvalue weighted by molar-refractivity contribution is -0.114. The van der Waals surface area contributed by atoms with Crippen LogP contribution in [0.5, 0.6) is 0 Å². The van der Waals surface area contributed by atoms with E-state index in [1.165, 1.54) is 6.92 Å². The molecule has 6 nitrogen and oxygen atoms in total. The van der Waals surface area contributed by atoms with E-state index < -0.39 is 5.97 Å². The lowest BCUT2D eigenvalue weighted by Crippen LogP contribution is -2.12. The van der Waals surface area contributed by atoms with Crippen molar-refractivity contribution >= 4 is 17.7 Å². The van der Waals surface area contributed by atoms with Crippen molar-refractivity contribution in [3.8, 4) is 0 Å². The minimum atomic E-state index is -0.965. The molecule has 2 N–H and O–H groups in total. The van der Waals surface area contributed by atoms with Gasteiger partial charge in [0.1, 0.15) is 5.82 Å². The first-order valence-corrected chi connectivity index (χ1v) is 6.51. The molecule has 0 radical (unpaired) electrons. The van der Waals surface area contributed by atoms with Crippen molar-refractivity contribution in [2.75, 3.05) is 5.32 Å². The van der Waals surface area contributed by atoms with Gasteiger partial charge >= 0.3 is 5.97 Å². The fraction of sp³-hybridized carbons (Fsp3) is 0.267. The Bertz CT molecular complexity index is 704. The van der Waals surface area contributed by atoms with E-state index in [-0.39, 0.29) is 11.5 Å². The fourth-order valence-corrected chi connectivity index (χ4v) is 2.31. The third kappa shape index (κ3) is 3.10. The van der Waals surface area contributed by atoms with Crippen molar-refractivity contribution in [1.29, 1.82) is 0 Å². The molecule has 2 rings (SSSR count). The molecule has 110 valence electrons. The molecule has 0 aliphatic heterocycles. The van der Waals surface area contributed by atoms with E-state index in [0.717, 1.165) is 11.3 Å². The number of anilines is 1. The van der Waals surface area contributed by atoms with Crippen LogP contribution in [0.1, 0.15) is 34.1 Å². The van der Waals surface area contributed by atoms with Gasteiger partial charge in [-0.15, -0.1) is 0 Å². The largest absolute Gasteiger partial charge is 0.478 e. The SMILES string of the molecule is CC(=O)Nc1c(Cc2ccccc2C(=O)O)c(C)nn1C. The molecule has 2 aromatic rings. The molecule has 1 aromatic heterocycles. The van der Waals surface area contributed by atoms with Gasteiger partial charge in [-0.1, -0.05) is 18.2 Å². The first-order chi connectivity index (χ1) is 9.90. The van der Waals surface area contributed by atoms with Gasteiger partial charge in [0.2, 0.25) is 5.91 Å². The summed E-state index contributed by atoms with van der Waals surface area (Å²) in [6.07, 6.45) is 0.401. The van der Waals surface area contributed by atoms with Crippen LogP contribution in [0.15, 0.2) is 24.3 Å². The molecule has 0 unspecified atom stereocenters. The summed E-state index contributed by atoms with van der Waals surface area (Å²) < 4.78 is 1.59. The predicted octanol–water partition coefficient (Wildman–Crippen LogP) is 1.98. The van der Waals surface area contributed by atoms with Crippen molar-refractivity contribution in [3.05, 3.63) is 46.6 Å². The number of carbonyl (C=O) groups excluding carboxylic acids is 1. The first-order valence-electron chi connectivity index (χ1n) is 6.51. The van der Waals surface area contributed by atoms with Crippen molar-refractivity contribution in [2.45, 2.75) is 20.3 Å². The summed E-state index contributed by atoms with van der Waals surface area (Å²) in [5.74, 6) is -0.556. The van der Waals surface area contributed by atoms with Gasteiger partial charge in [-0.3, -0.25) is 9.48 Å². The van der Waals surface area contributed by atoms with E-state index in [0.29, 0.717) is 17.8 Å². The highest BCUT2D eigenvalue weighted by atomic mass is 16.4. The van der Waals surface area contributed by atoms with Gasteiger partial charge in [-0.2, -0.15) is 5.10 Å². The Morgan fingerprint density at radius 1 is 1.33 bits per heavy atom. The monoisotopic (exact) mass is 287 g/mol. The zero-order chi connectivity index (χ0) is 15.6. The smallest absolute Gasteiger partial charge is 0.335 e. The summed E-state index contributed by atoms with van der Waals surface area (Å²) >= 11 is 0. The van der Waals surface area contributed by atoms with Gasteiger partial charge in [0.15, 0.2) is 0 Å². The minimum Gasteiger partial charge on any atom is -0.478 e. The van der Waals surface area contributed by atoms with Gasteiger partial charge in [-0.25, -0.2) is 4.79 Å². The maximum absolute atomic E-state index is 11.3. The van der Waals surface area contributed by atoms with Crippen LogP contribution >= 0.6 is 0 Å². The molecule has 0 atom stereocenters. The van der Waals surface area contributed by atoms with Crippen LogP contribution < -0.4 is 5.32 Å². The number of aromatic nitrogens is 2. The maximum Gasteiger partial charge on any atom is 0.335 e. The highest BCUT2D eigenvalue weighted by molar-refractivity contribution is 5.90. The number of nitrogens with one attached hydrogen (secondary N) is 1. The first kappa shape index (κ1) is 14.8. The molecule has 21 heavy (non-hydrogen) atoms. The highest BCUT2D eigenvalue weighted by Crippen LogP contribution is 2.24. The normalized spacial score (nSPS) is 10.4. The summed E-state index contributed by atoms with van der Waals surface area (Å²) in [5, 5.41) is 16.3. The van der Waals surface area contributed by atoms with Crippen LogP contribution in [0.4, 0.5) is 5.82 Å². The average molecular weight is 287 g/mol. The Labute approximate surface area is 122 Å². The number of nitrogens with zero attached hydrogens (tertiary/aromatic N) is 2. The average Bonchev–Trinajstić information content (AvgIpc) is 2.65. The Balaban J connectivity index is 2.45. The van der Waals surface area contributed by atoms with E-state index in [1.807, 2.05) is 6.92 Å². The van der Waals surface area contributed by atoms with Crippen molar-refractivity contribution < 1.29 is 14.7 Å². The Morgan fingerprint density at radius 2 is 2.00 bits per heavy atom. The molecule has 0 aliphatic carbocycles. The highest BCUT2D eigenvalue weighted by Gasteiger charge is 2.17. The van der Waals surface area contributed by atoms with Gasteiger partial charge in [0.05, 0.1) is 11.3 Å². The number of carboxylic acids is 1. The summed E-state index contributed by atoms with van der Waals surface area (Å²) in [7, 11) is 1.74. The lowest BCUT2D eigenvalue weighted by atomic mass is 9.99. The Morgan fingerprint density at radius 3 is 2.62 bits per heavy atom.